The molecule has 5 aliphatic rings. The third kappa shape index (κ3) is 7.29. The van der Waals surface area contributed by atoms with Crippen LogP contribution < -0.4 is 10.2 Å². The maximum atomic E-state index is 13.0. The van der Waals surface area contributed by atoms with Gasteiger partial charge in [0, 0.05) is 61.6 Å². The van der Waals surface area contributed by atoms with Gasteiger partial charge in [-0.1, -0.05) is 26.0 Å². The van der Waals surface area contributed by atoms with Crippen LogP contribution in [0.5, 0.6) is 0 Å². The molecular formula is C33H46Cl2N2O9. The molecule has 0 aromatic heterocycles. The number of benzene rings is 1. The van der Waals surface area contributed by atoms with Crippen molar-refractivity contribution in [3.8, 4) is 0 Å². The molecule has 1 spiro atoms. The smallest absolute Gasteiger partial charge is 0.328 e. The predicted octanol–water partition coefficient (Wildman–Crippen LogP) is 4.70. The molecule has 6 rings (SSSR count). The molecule has 4 saturated heterocycles. The molecule has 2 bridgehead atoms. The minimum atomic E-state index is -0.933. The Morgan fingerprint density at radius 2 is 1.74 bits per heavy atom. The van der Waals surface area contributed by atoms with Gasteiger partial charge in [0.2, 0.25) is 18.0 Å². The lowest BCUT2D eigenvalue weighted by Crippen LogP contribution is -2.70. The molecule has 4 heterocycles. The molecular weight excluding hydrogens is 639 g/mol. The van der Waals surface area contributed by atoms with Crippen LogP contribution in [-0.4, -0.2) is 79.8 Å². The number of anilines is 1. The summed E-state index contributed by atoms with van der Waals surface area (Å²) in [6.45, 7) is 7.38. The molecule has 1 aromatic rings. The van der Waals surface area contributed by atoms with E-state index in [-0.39, 0.29) is 37.0 Å². The summed E-state index contributed by atoms with van der Waals surface area (Å²) in [5, 5.41) is 2.71. The molecule has 4 aliphatic heterocycles. The largest absolute Gasteiger partial charge is 0.467 e. The van der Waals surface area contributed by atoms with Crippen LogP contribution >= 0.6 is 23.2 Å². The van der Waals surface area contributed by atoms with Crippen LogP contribution in [0.3, 0.4) is 0 Å². The van der Waals surface area contributed by atoms with Crippen LogP contribution in [0.2, 0.25) is 0 Å². The van der Waals surface area contributed by atoms with E-state index in [1.54, 1.807) is 0 Å². The van der Waals surface area contributed by atoms with Gasteiger partial charge in [0.25, 0.3) is 0 Å². The number of rotatable bonds is 13. The first-order valence-corrected chi connectivity index (χ1v) is 17.3. The van der Waals surface area contributed by atoms with Crippen molar-refractivity contribution in [3.63, 3.8) is 0 Å². The van der Waals surface area contributed by atoms with Crippen molar-refractivity contribution in [2.45, 2.75) is 95.7 Å². The molecule has 1 amide bonds. The average Bonchev–Trinajstić information content (AvgIpc) is 3.27. The first-order chi connectivity index (χ1) is 22.0. The van der Waals surface area contributed by atoms with E-state index in [1.165, 1.54) is 7.11 Å². The van der Waals surface area contributed by atoms with E-state index in [0.29, 0.717) is 37.2 Å². The highest BCUT2D eigenvalue weighted by molar-refractivity contribution is 6.18. The van der Waals surface area contributed by atoms with E-state index in [9.17, 15) is 14.4 Å². The highest BCUT2D eigenvalue weighted by atomic mass is 35.5. The lowest BCUT2D eigenvalue weighted by molar-refractivity contribution is -0.576. The summed E-state index contributed by atoms with van der Waals surface area (Å²) in [5.41, 5.74) is 1.03. The summed E-state index contributed by atoms with van der Waals surface area (Å²) in [6, 6.07) is 6.70. The molecule has 256 valence electrons. The lowest BCUT2D eigenvalue weighted by atomic mass is 9.58. The summed E-state index contributed by atoms with van der Waals surface area (Å²) in [6.07, 6.45) is 1.77. The number of carbonyl (C=O) groups excluding carboxylic acids is 3. The highest BCUT2D eigenvalue weighted by Gasteiger charge is 2.69. The van der Waals surface area contributed by atoms with E-state index >= 15 is 0 Å². The Hall–Kier alpha value is -2.15. The fourth-order valence-electron chi connectivity index (χ4n) is 7.67. The first kappa shape index (κ1) is 35.2. The maximum absolute atomic E-state index is 13.0. The number of ether oxygens (including phenoxy) is 4. The van der Waals surface area contributed by atoms with Gasteiger partial charge in [0.15, 0.2) is 11.9 Å². The van der Waals surface area contributed by atoms with Gasteiger partial charge in [-0.2, -0.15) is 0 Å². The molecule has 1 N–H and O–H groups in total. The van der Waals surface area contributed by atoms with Crippen molar-refractivity contribution in [3.05, 3.63) is 29.8 Å². The van der Waals surface area contributed by atoms with Crippen molar-refractivity contribution >= 4 is 46.7 Å². The monoisotopic (exact) mass is 684 g/mol. The molecule has 11 nitrogen and oxygen atoms in total. The zero-order valence-electron chi connectivity index (χ0n) is 27.0. The van der Waals surface area contributed by atoms with E-state index in [2.05, 4.69) is 17.1 Å². The summed E-state index contributed by atoms with van der Waals surface area (Å²) >= 11 is 11.9. The number of esters is 2. The van der Waals surface area contributed by atoms with Crippen molar-refractivity contribution in [2.75, 3.05) is 36.9 Å². The van der Waals surface area contributed by atoms with Crippen LogP contribution in [0.25, 0.3) is 0 Å². The third-order valence-electron chi connectivity index (χ3n) is 10.2. The van der Waals surface area contributed by atoms with Crippen molar-refractivity contribution in [1.82, 2.24) is 5.32 Å². The second-order valence-corrected chi connectivity index (χ2v) is 13.9. The van der Waals surface area contributed by atoms with E-state index in [4.69, 9.17) is 51.9 Å². The fraction of sp³-hybridized carbons (Fsp3) is 0.727. The lowest BCUT2D eigenvalue weighted by Gasteiger charge is -2.59. The molecule has 0 radical (unpaired) electrons. The Bertz CT molecular complexity index is 1230. The van der Waals surface area contributed by atoms with Gasteiger partial charge in [0.05, 0.1) is 13.5 Å². The molecule has 3 unspecified atom stereocenters. The topological polar surface area (TPSA) is 122 Å². The molecule has 1 aliphatic carbocycles. The van der Waals surface area contributed by atoms with Crippen LogP contribution in [0.15, 0.2) is 24.3 Å². The minimum absolute atomic E-state index is 0.00908. The Kier molecular flexibility index (Phi) is 11.4. The SMILES string of the molecule is COC(=O)[C@H](Cc1ccc(N(CCCl)CCCl)cc1)NC(=O)CCC(=O)O[C@@H]1O[C@@H]2OC3(C)CCC4[C@H](C)CC[C@@H]([C@H]1C)C42OO3. The molecule has 9 atom stereocenters. The first-order valence-electron chi connectivity index (χ1n) is 16.3. The van der Waals surface area contributed by atoms with Crippen LogP contribution in [-0.2, 0) is 49.5 Å². The Balaban J connectivity index is 1.16. The van der Waals surface area contributed by atoms with Gasteiger partial charge in [-0.3, -0.25) is 9.59 Å². The summed E-state index contributed by atoms with van der Waals surface area (Å²) in [5.74, 6) is -1.17. The molecule has 1 aromatic carbocycles. The van der Waals surface area contributed by atoms with Crippen LogP contribution in [0.4, 0.5) is 5.69 Å². The highest BCUT2D eigenvalue weighted by Crippen LogP contribution is 2.60. The molecule has 46 heavy (non-hydrogen) atoms. The van der Waals surface area contributed by atoms with Gasteiger partial charge in [0.1, 0.15) is 6.04 Å². The van der Waals surface area contributed by atoms with Gasteiger partial charge >= 0.3 is 11.9 Å². The third-order valence-corrected chi connectivity index (χ3v) is 10.5. The van der Waals surface area contributed by atoms with E-state index < -0.39 is 47.9 Å². The zero-order valence-corrected chi connectivity index (χ0v) is 28.5. The van der Waals surface area contributed by atoms with Crippen molar-refractivity contribution < 1.29 is 43.1 Å². The summed E-state index contributed by atoms with van der Waals surface area (Å²) in [7, 11) is 1.27. The van der Waals surface area contributed by atoms with Crippen molar-refractivity contribution in [1.29, 1.82) is 0 Å². The number of hydrogen-bond donors (Lipinski definition) is 1. The second-order valence-electron chi connectivity index (χ2n) is 13.1. The molecule has 1 saturated carbocycles. The van der Waals surface area contributed by atoms with E-state index in [0.717, 1.165) is 30.5 Å². The van der Waals surface area contributed by atoms with Gasteiger partial charge in [-0.05, 0) is 55.7 Å². The number of amides is 1. The number of alkyl halides is 2. The standard InChI is InChI=1S/C33H46Cl2N2O9/c1-20-5-10-25-21(2)30(43-31-33(25)24(20)13-14-32(3,44-31)45-46-33)42-28(39)12-11-27(38)36-26(29(40)41-4)19-22-6-8-23(9-7-22)37(17-15-34)18-16-35/h6-9,20-21,24-26,30-31H,5,10-19H2,1-4H3,(H,36,38)/t20-,21-,24?,25+,26+,30-,31-,32?,33?/m1/s1. The quantitative estimate of drug-likeness (QED) is 0.178. The average molecular weight is 686 g/mol. The van der Waals surface area contributed by atoms with Gasteiger partial charge < -0.3 is 29.2 Å². The number of methoxy groups -OCH3 is 1. The fourth-order valence-corrected chi connectivity index (χ4v) is 8.07. The number of hydrogen-bond acceptors (Lipinski definition) is 10. The van der Waals surface area contributed by atoms with Gasteiger partial charge in [-0.25, -0.2) is 14.6 Å². The summed E-state index contributed by atoms with van der Waals surface area (Å²) < 4.78 is 23.4. The Morgan fingerprint density at radius 3 is 2.41 bits per heavy atom. The van der Waals surface area contributed by atoms with Crippen LogP contribution in [0.1, 0.15) is 64.9 Å². The van der Waals surface area contributed by atoms with E-state index in [1.807, 2.05) is 38.1 Å². The normalized spacial score (nSPS) is 33.7. The maximum Gasteiger partial charge on any atom is 0.328 e. The van der Waals surface area contributed by atoms with Crippen molar-refractivity contribution in [2.24, 2.45) is 23.7 Å². The number of carbonyl (C=O) groups is 3. The van der Waals surface area contributed by atoms with Gasteiger partial charge in [-0.15, -0.1) is 23.2 Å². The Labute approximate surface area is 280 Å². The zero-order chi connectivity index (χ0) is 33.1. The van der Waals surface area contributed by atoms with Crippen LogP contribution in [0, 0.1) is 23.7 Å². The second kappa shape index (κ2) is 15.0. The predicted molar refractivity (Wildman–Crippen MR) is 170 cm³/mol. The number of nitrogens with one attached hydrogen (secondary N) is 1. The minimum Gasteiger partial charge on any atom is -0.467 e. The molecule has 13 heteroatoms. The number of fused-ring (bicyclic) bond motifs is 2. The Morgan fingerprint density at radius 1 is 1.02 bits per heavy atom. The number of nitrogens with zero attached hydrogens (tertiary/aromatic N) is 1. The summed E-state index contributed by atoms with van der Waals surface area (Å²) in [4.78, 5) is 52.5. The number of halogens is 2. The molecule has 5 fully saturated rings.